The van der Waals surface area contributed by atoms with E-state index in [1.165, 1.54) is 17.3 Å². The van der Waals surface area contributed by atoms with E-state index in [1.54, 1.807) is 6.07 Å². The third-order valence-electron chi connectivity index (χ3n) is 4.24. The van der Waals surface area contributed by atoms with Gasteiger partial charge in [-0.25, -0.2) is 4.39 Å². The Kier molecular flexibility index (Phi) is 4.20. The van der Waals surface area contributed by atoms with E-state index >= 15 is 0 Å². The molecule has 1 atom stereocenters. The van der Waals surface area contributed by atoms with Gasteiger partial charge in [0.05, 0.1) is 0 Å². The molecule has 2 aromatic carbocycles. The monoisotopic (exact) mass is 284 g/mol. The normalized spacial score (nSPS) is 18.2. The van der Waals surface area contributed by atoms with E-state index in [1.807, 2.05) is 19.2 Å². The summed E-state index contributed by atoms with van der Waals surface area (Å²) < 4.78 is 13.9. The molecule has 1 aliphatic rings. The molecule has 1 aliphatic heterocycles. The van der Waals surface area contributed by atoms with E-state index < -0.39 is 0 Å². The molecule has 110 valence electrons. The summed E-state index contributed by atoms with van der Waals surface area (Å²) >= 11 is 0. The molecule has 3 heteroatoms. The van der Waals surface area contributed by atoms with Crippen molar-refractivity contribution in [1.82, 2.24) is 5.32 Å². The molecular formula is C18H21FN2. The Morgan fingerprint density at radius 2 is 1.90 bits per heavy atom. The van der Waals surface area contributed by atoms with Crippen LogP contribution < -0.4 is 10.2 Å². The summed E-state index contributed by atoms with van der Waals surface area (Å²) in [5.41, 5.74) is 3.29. The number of para-hydroxylation sites is 1. The fraction of sp³-hybridized carbons (Fsp3) is 0.333. The molecule has 0 bridgehead atoms. The zero-order valence-corrected chi connectivity index (χ0v) is 12.3. The van der Waals surface area contributed by atoms with E-state index in [0.717, 1.165) is 24.9 Å². The van der Waals surface area contributed by atoms with Gasteiger partial charge in [0.15, 0.2) is 0 Å². The van der Waals surface area contributed by atoms with Gasteiger partial charge in [0.25, 0.3) is 0 Å². The molecule has 0 aromatic heterocycles. The lowest BCUT2D eigenvalue weighted by Crippen LogP contribution is -2.24. The number of anilines is 1. The summed E-state index contributed by atoms with van der Waals surface area (Å²) in [7, 11) is 2.01. The molecule has 3 rings (SSSR count). The number of benzene rings is 2. The van der Waals surface area contributed by atoms with Gasteiger partial charge in [-0.15, -0.1) is 0 Å². The van der Waals surface area contributed by atoms with Crippen LogP contribution in [0.3, 0.4) is 0 Å². The maximum absolute atomic E-state index is 13.9. The topological polar surface area (TPSA) is 15.3 Å². The minimum absolute atomic E-state index is 0.121. The van der Waals surface area contributed by atoms with Gasteiger partial charge < -0.3 is 10.2 Å². The van der Waals surface area contributed by atoms with Crippen molar-refractivity contribution in [2.24, 2.45) is 0 Å². The first-order valence-electron chi connectivity index (χ1n) is 7.54. The van der Waals surface area contributed by atoms with Gasteiger partial charge in [-0.05, 0) is 37.6 Å². The number of fused-ring (bicyclic) bond motifs is 1. The lowest BCUT2D eigenvalue weighted by Gasteiger charge is -2.26. The van der Waals surface area contributed by atoms with Crippen LogP contribution in [0.5, 0.6) is 0 Å². The molecule has 21 heavy (non-hydrogen) atoms. The highest BCUT2D eigenvalue weighted by Crippen LogP contribution is 2.33. The largest absolute Gasteiger partial charge is 0.367 e. The Hall–Kier alpha value is -1.87. The van der Waals surface area contributed by atoms with E-state index in [4.69, 9.17) is 0 Å². The fourth-order valence-corrected chi connectivity index (χ4v) is 3.13. The summed E-state index contributed by atoms with van der Waals surface area (Å²) in [5.74, 6) is -0.121. The summed E-state index contributed by atoms with van der Waals surface area (Å²) in [6.07, 6.45) is 2.22. The molecule has 0 saturated carbocycles. The maximum Gasteiger partial charge on any atom is 0.128 e. The molecule has 2 aromatic rings. The van der Waals surface area contributed by atoms with Gasteiger partial charge in [0.1, 0.15) is 5.82 Å². The van der Waals surface area contributed by atoms with Crippen molar-refractivity contribution in [3.63, 3.8) is 0 Å². The number of nitrogens with zero attached hydrogens (tertiary/aromatic N) is 1. The quantitative estimate of drug-likeness (QED) is 0.920. The second-order valence-electron chi connectivity index (χ2n) is 5.56. The van der Waals surface area contributed by atoms with Crippen LogP contribution >= 0.6 is 0 Å². The molecule has 1 heterocycles. The molecule has 0 radical (unpaired) electrons. The molecule has 0 aliphatic carbocycles. The maximum atomic E-state index is 13.9. The molecular weight excluding hydrogens is 263 g/mol. The van der Waals surface area contributed by atoms with E-state index in [9.17, 15) is 4.39 Å². The van der Waals surface area contributed by atoms with Crippen LogP contribution in [-0.2, 0) is 6.54 Å². The Bertz CT molecular complexity index is 612. The van der Waals surface area contributed by atoms with Crippen molar-refractivity contribution in [1.29, 1.82) is 0 Å². The minimum Gasteiger partial charge on any atom is -0.367 e. The van der Waals surface area contributed by atoms with Crippen LogP contribution in [-0.4, -0.2) is 13.6 Å². The average Bonchev–Trinajstić information content (AvgIpc) is 2.69. The molecule has 2 nitrogen and oxygen atoms in total. The van der Waals surface area contributed by atoms with Gasteiger partial charge in [-0.1, -0.05) is 36.4 Å². The van der Waals surface area contributed by atoms with Crippen molar-refractivity contribution in [2.45, 2.75) is 25.4 Å². The molecule has 0 spiro atoms. The van der Waals surface area contributed by atoms with E-state index in [-0.39, 0.29) is 5.82 Å². The third-order valence-corrected chi connectivity index (χ3v) is 4.24. The fourth-order valence-electron chi connectivity index (χ4n) is 3.13. The van der Waals surface area contributed by atoms with Gasteiger partial charge >= 0.3 is 0 Å². The predicted octanol–water partition coefficient (Wildman–Crippen LogP) is 3.89. The lowest BCUT2D eigenvalue weighted by atomic mass is 10.0. The number of rotatable bonds is 3. The van der Waals surface area contributed by atoms with Crippen LogP contribution in [0.1, 0.15) is 30.0 Å². The number of halogens is 1. The first-order valence-corrected chi connectivity index (χ1v) is 7.54. The zero-order valence-electron chi connectivity index (χ0n) is 12.3. The van der Waals surface area contributed by atoms with Gasteiger partial charge in [-0.2, -0.15) is 0 Å². The van der Waals surface area contributed by atoms with E-state index in [2.05, 4.69) is 34.5 Å². The SMILES string of the molecule is CNC1CCCN(Cc2ccccc2F)c2ccccc21. The van der Waals surface area contributed by atoms with Crippen LogP contribution in [0.25, 0.3) is 0 Å². The van der Waals surface area contributed by atoms with Crippen molar-refractivity contribution in [3.8, 4) is 0 Å². The standard InChI is InChI=1S/C18H21FN2/c1-20-17-10-6-12-21(18-11-5-3-8-15(17)18)13-14-7-2-4-9-16(14)19/h2-5,7-9,11,17,20H,6,10,12-13H2,1H3. The highest BCUT2D eigenvalue weighted by Gasteiger charge is 2.21. The van der Waals surface area contributed by atoms with Crippen LogP contribution in [0, 0.1) is 5.82 Å². The van der Waals surface area contributed by atoms with Gasteiger partial charge in [0.2, 0.25) is 0 Å². The first kappa shape index (κ1) is 14.1. The molecule has 0 amide bonds. The smallest absolute Gasteiger partial charge is 0.128 e. The number of hydrogen-bond acceptors (Lipinski definition) is 2. The van der Waals surface area contributed by atoms with Crippen molar-refractivity contribution < 1.29 is 4.39 Å². The van der Waals surface area contributed by atoms with Crippen molar-refractivity contribution in [3.05, 3.63) is 65.5 Å². The van der Waals surface area contributed by atoms with Gasteiger partial charge in [-0.3, -0.25) is 0 Å². The van der Waals surface area contributed by atoms with E-state index in [0.29, 0.717) is 12.6 Å². The summed E-state index contributed by atoms with van der Waals surface area (Å²) in [6, 6.07) is 15.9. The Morgan fingerprint density at radius 3 is 2.71 bits per heavy atom. The molecule has 1 unspecified atom stereocenters. The summed E-state index contributed by atoms with van der Waals surface area (Å²) in [6.45, 7) is 1.59. The Balaban J connectivity index is 1.93. The minimum atomic E-state index is -0.121. The summed E-state index contributed by atoms with van der Waals surface area (Å²) in [5, 5.41) is 3.40. The van der Waals surface area contributed by atoms with Crippen LogP contribution in [0.2, 0.25) is 0 Å². The summed E-state index contributed by atoms with van der Waals surface area (Å²) in [4.78, 5) is 2.30. The lowest BCUT2D eigenvalue weighted by molar-refractivity contribution is 0.540. The van der Waals surface area contributed by atoms with Crippen LogP contribution in [0.4, 0.5) is 10.1 Å². The zero-order chi connectivity index (χ0) is 14.7. The second kappa shape index (κ2) is 6.27. The average molecular weight is 284 g/mol. The highest BCUT2D eigenvalue weighted by molar-refractivity contribution is 5.56. The predicted molar refractivity (Wildman–Crippen MR) is 84.9 cm³/mol. The number of hydrogen-bond donors (Lipinski definition) is 1. The Labute approximate surface area is 125 Å². The first-order chi connectivity index (χ1) is 10.3. The molecule has 0 saturated heterocycles. The second-order valence-corrected chi connectivity index (χ2v) is 5.56. The third kappa shape index (κ3) is 2.93. The molecule has 1 N–H and O–H groups in total. The molecule has 0 fully saturated rings. The van der Waals surface area contributed by atoms with Crippen molar-refractivity contribution in [2.75, 3.05) is 18.5 Å². The highest BCUT2D eigenvalue weighted by atomic mass is 19.1. The number of nitrogens with one attached hydrogen (secondary N) is 1. The van der Waals surface area contributed by atoms with Crippen LogP contribution in [0.15, 0.2) is 48.5 Å². The van der Waals surface area contributed by atoms with Gasteiger partial charge in [0, 0.05) is 30.4 Å². The van der Waals surface area contributed by atoms with Crippen molar-refractivity contribution >= 4 is 5.69 Å². The Morgan fingerprint density at radius 1 is 1.14 bits per heavy atom.